The average molecular weight is 505 g/mol. The third-order valence-corrected chi connectivity index (χ3v) is 3.36. The number of nitrogens with one attached hydrogen (secondary N) is 2. The number of hydrogen-bond acceptors (Lipinski definition) is 3. The van der Waals surface area contributed by atoms with Gasteiger partial charge in [-0.3, -0.25) is 4.79 Å². The zero-order chi connectivity index (χ0) is 16.7. The van der Waals surface area contributed by atoms with Gasteiger partial charge in [0.05, 0.1) is 7.11 Å². The lowest BCUT2D eigenvalue weighted by Gasteiger charge is -2.07. The fraction of sp³-hybridized carbons (Fsp3) is 0.125. The number of carbonyl (C=O) groups is 1. The number of aliphatic imine (C=N–C) groups is 1. The van der Waals surface area contributed by atoms with E-state index in [1.807, 2.05) is 24.3 Å². The van der Waals surface area contributed by atoms with Gasteiger partial charge in [-0.1, -0.05) is 22.0 Å². The van der Waals surface area contributed by atoms with Gasteiger partial charge in [0.15, 0.2) is 5.96 Å². The first-order valence-electron chi connectivity index (χ1n) is 6.83. The van der Waals surface area contributed by atoms with E-state index < -0.39 is 0 Å². The van der Waals surface area contributed by atoms with E-state index in [1.54, 1.807) is 31.4 Å². The summed E-state index contributed by atoms with van der Waals surface area (Å²) in [7, 11) is 1.60. The second-order valence-corrected chi connectivity index (χ2v) is 5.53. The molecule has 0 radical (unpaired) electrons. The summed E-state index contributed by atoms with van der Waals surface area (Å²) in [5.74, 6) is 0.668. The second-order valence-electron chi connectivity index (χ2n) is 4.61. The molecule has 0 atom stereocenters. The van der Waals surface area contributed by atoms with Crippen molar-refractivity contribution in [1.82, 2.24) is 0 Å². The number of ether oxygens (including phenoxy) is 1. The third-order valence-electron chi connectivity index (χ3n) is 2.86. The summed E-state index contributed by atoms with van der Waals surface area (Å²) in [6.07, 6.45) is 0. The Morgan fingerprint density at radius 2 is 1.88 bits per heavy atom. The van der Waals surface area contributed by atoms with Crippen molar-refractivity contribution in [2.75, 3.05) is 24.3 Å². The molecule has 1 amide bonds. The average Bonchev–Trinajstić information content (AvgIpc) is 2.54. The summed E-state index contributed by atoms with van der Waals surface area (Å²) < 4.78 is 5.96. The Bertz CT molecular complexity index is 707. The Balaban J connectivity index is 0.00000288. The van der Waals surface area contributed by atoms with E-state index in [2.05, 4.69) is 31.6 Å². The first kappa shape index (κ1) is 20.2. The molecule has 2 aromatic carbocycles. The van der Waals surface area contributed by atoms with E-state index in [1.165, 1.54) is 0 Å². The van der Waals surface area contributed by atoms with Gasteiger partial charge in [0.25, 0.3) is 0 Å². The van der Waals surface area contributed by atoms with Crippen LogP contribution in [0.15, 0.2) is 58.0 Å². The van der Waals surface area contributed by atoms with E-state index in [9.17, 15) is 4.79 Å². The summed E-state index contributed by atoms with van der Waals surface area (Å²) in [6.45, 7) is -0.0680. The molecule has 0 aliphatic rings. The van der Waals surface area contributed by atoms with Gasteiger partial charge in [0.2, 0.25) is 5.91 Å². The van der Waals surface area contributed by atoms with Crippen molar-refractivity contribution in [3.8, 4) is 5.75 Å². The van der Waals surface area contributed by atoms with Crippen molar-refractivity contribution < 1.29 is 9.53 Å². The number of guanidine groups is 1. The lowest BCUT2D eigenvalue weighted by molar-refractivity contribution is -0.114. The predicted octanol–water partition coefficient (Wildman–Crippen LogP) is 3.44. The van der Waals surface area contributed by atoms with Gasteiger partial charge in [0, 0.05) is 15.8 Å². The van der Waals surface area contributed by atoms with Gasteiger partial charge in [-0.25, -0.2) is 4.99 Å². The fourth-order valence-electron chi connectivity index (χ4n) is 1.79. The molecule has 0 unspecified atom stereocenters. The number of rotatable bonds is 5. The first-order chi connectivity index (χ1) is 11.1. The number of methoxy groups -OCH3 is 1. The first-order valence-corrected chi connectivity index (χ1v) is 7.62. The van der Waals surface area contributed by atoms with Gasteiger partial charge in [-0.15, -0.1) is 24.0 Å². The molecular weight excluding hydrogens is 487 g/mol. The largest absolute Gasteiger partial charge is 0.497 e. The molecule has 0 aromatic heterocycles. The second kappa shape index (κ2) is 10.1. The lowest BCUT2D eigenvalue weighted by atomic mass is 10.3. The smallest absolute Gasteiger partial charge is 0.246 e. The molecule has 0 fully saturated rings. The summed E-state index contributed by atoms with van der Waals surface area (Å²) in [5, 5.41) is 5.65. The van der Waals surface area contributed by atoms with Crippen molar-refractivity contribution >= 4 is 63.1 Å². The molecule has 4 N–H and O–H groups in total. The van der Waals surface area contributed by atoms with Crippen LogP contribution in [0.4, 0.5) is 11.4 Å². The van der Waals surface area contributed by atoms with Crippen LogP contribution in [0.5, 0.6) is 5.75 Å². The molecule has 0 aliphatic heterocycles. The normalized spacial score (nSPS) is 10.5. The highest BCUT2D eigenvalue weighted by Crippen LogP contribution is 2.16. The van der Waals surface area contributed by atoms with Crippen LogP contribution in [0.3, 0.4) is 0 Å². The van der Waals surface area contributed by atoms with E-state index in [0.717, 1.165) is 15.9 Å². The quantitative estimate of drug-likeness (QED) is 0.330. The van der Waals surface area contributed by atoms with E-state index >= 15 is 0 Å². The molecule has 2 rings (SSSR count). The maximum atomic E-state index is 11.8. The Morgan fingerprint density at radius 3 is 2.50 bits per heavy atom. The van der Waals surface area contributed by atoms with Crippen molar-refractivity contribution in [1.29, 1.82) is 0 Å². The minimum absolute atomic E-state index is 0. The van der Waals surface area contributed by atoms with Gasteiger partial charge in [-0.05, 0) is 42.5 Å². The lowest BCUT2D eigenvalue weighted by Crippen LogP contribution is -2.25. The summed E-state index contributed by atoms with van der Waals surface area (Å²) in [4.78, 5) is 15.8. The van der Waals surface area contributed by atoms with Crippen LogP contribution in [0.2, 0.25) is 0 Å². The van der Waals surface area contributed by atoms with Crippen LogP contribution in [0, 0.1) is 0 Å². The van der Waals surface area contributed by atoms with Gasteiger partial charge >= 0.3 is 0 Å². The molecule has 6 nitrogen and oxygen atoms in total. The SMILES string of the molecule is COc1ccc(NC(N)=NCC(=O)Nc2cccc(Br)c2)cc1.I. The number of amides is 1. The highest BCUT2D eigenvalue weighted by atomic mass is 127. The maximum Gasteiger partial charge on any atom is 0.246 e. The highest BCUT2D eigenvalue weighted by Gasteiger charge is 2.02. The third kappa shape index (κ3) is 6.75. The highest BCUT2D eigenvalue weighted by molar-refractivity contribution is 14.0. The van der Waals surface area contributed by atoms with Crippen LogP contribution in [0.25, 0.3) is 0 Å². The van der Waals surface area contributed by atoms with Crippen molar-refractivity contribution in [3.63, 3.8) is 0 Å². The van der Waals surface area contributed by atoms with Crippen LogP contribution in [-0.2, 0) is 4.79 Å². The number of anilines is 2. The van der Waals surface area contributed by atoms with Crippen LogP contribution < -0.4 is 21.1 Å². The Hall–Kier alpha value is -1.81. The summed E-state index contributed by atoms with van der Waals surface area (Å²) >= 11 is 3.34. The Kier molecular flexibility index (Phi) is 8.55. The van der Waals surface area contributed by atoms with Crippen LogP contribution >= 0.6 is 39.9 Å². The molecule has 8 heteroatoms. The Labute approximate surface area is 166 Å². The van der Waals surface area contributed by atoms with E-state index in [0.29, 0.717) is 5.69 Å². The van der Waals surface area contributed by atoms with Crippen molar-refractivity contribution in [2.45, 2.75) is 0 Å². The van der Waals surface area contributed by atoms with Gasteiger partial charge in [-0.2, -0.15) is 0 Å². The van der Waals surface area contributed by atoms with Gasteiger partial charge < -0.3 is 21.1 Å². The zero-order valence-electron chi connectivity index (χ0n) is 13.0. The molecule has 24 heavy (non-hydrogen) atoms. The number of nitrogens with two attached hydrogens (primary N) is 1. The summed E-state index contributed by atoms with van der Waals surface area (Å²) in [5.41, 5.74) is 7.22. The molecule has 0 spiro atoms. The standard InChI is InChI=1S/C16H17BrN4O2.HI/c1-23-14-7-5-12(6-8-14)21-16(18)19-10-15(22)20-13-4-2-3-11(17)9-13;/h2-9H,10H2,1H3,(H,20,22)(H3,18,19,21);1H. The molecule has 0 saturated heterocycles. The molecule has 0 bridgehead atoms. The minimum Gasteiger partial charge on any atom is -0.497 e. The van der Waals surface area contributed by atoms with Crippen LogP contribution in [-0.4, -0.2) is 25.5 Å². The van der Waals surface area contributed by atoms with Gasteiger partial charge in [0.1, 0.15) is 12.3 Å². The molecule has 2 aromatic rings. The summed E-state index contributed by atoms with van der Waals surface area (Å²) in [6, 6.07) is 14.5. The van der Waals surface area contributed by atoms with Crippen LogP contribution in [0.1, 0.15) is 0 Å². The zero-order valence-corrected chi connectivity index (χ0v) is 16.9. The van der Waals surface area contributed by atoms with E-state index in [-0.39, 0.29) is 42.4 Å². The number of hydrogen-bond donors (Lipinski definition) is 3. The number of halogens is 2. The molecular formula is C16H18BrIN4O2. The predicted molar refractivity (Wildman–Crippen MR) is 111 cm³/mol. The topological polar surface area (TPSA) is 88.7 Å². The number of carbonyl (C=O) groups excluding carboxylic acids is 1. The van der Waals surface area contributed by atoms with E-state index in [4.69, 9.17) is 10.5 Å². The number of nitrogens with zero attached hydrogens (tertiary/aromatic N) is 1. The van der Waals surface area contributed by atoms with Crippen molar-refractivity contribution in [2.24, 2.45) is 10.7 Å². The molecule has 0 saturated carbocycles. The molecule has 128 valence electrons. The maximum absolute atomic E-state index is 11.8. The fourth-order valence-corrected chi connectivity index (χ4v) is 2.18. The molecule has 0 aliphatic carbocycles. The number of benzene rings is 2. The minimum atomic E-state index is -0.248. The Morgan fingerprint density at radius 1 is 1.17 bits per heavy atom. The molecule has 0 heterocycles. The van der Waals surface area contributed by atoms with Crippen molar-refractivity contribution in [3.05, 3.63) is 53.0 Å². The monoisotopic (exact) mass is 504 g/mol.